The Bertz CT molecular complexity index is 752. The lowest BCUT2D eigenvalue weighted by molar-refractivity contribution is -0.135. The SMILES string of the molecule is CN=C(NCc1noc(C(C)(C)C)n1)N1CCN(CC(=O)N2CC(C)CC(C)C2)CC1. The fourth-order valence-corrected chi connectivity index (χ4v) is 4.40. The molecule has 174 valence electrons. The second-order valence-corrected chi connectivity index (χ2v) is 10.2. The van der Waals surface area contributed by atoms with E-state index in [0.29, 0.717) is 36.6 Å². The van der Waals surface area contributed by atoms with Crippen LogP contribution in [0.3, 0.4) is 0 Å². The Balaban J connectivity index is 1.44. The molecule has 0 bridgehead atoms. The van der Waals surface area contributed by atoms with Crippen molar-refractivity contribution in [2.45, 2.75) is 53.0 Å². The number of hydrogen-bond acceptors (Lipinski definition) is 6. The summed E-state index contributed by atoms with van der Waals surface area (Å²) >= 11 is 0. The lowest BCUT2D eigenvalue weighted by Gasteiger charge is -2.39. The van der Waals surface area contributed by atoms with E-state index in [0.717, 1.165) is 45.2 Å². The zero-order valence-corrected chi connectivity index (χ0v) is 20.0. The van der Waals surface area contributed by atoms with E-state index in [4.69, 9.17) is 4.52 Å². The third-order valence-corrected chi connectivity index (χ3v) is 5.98. The van der Waals surface area contributed by atoms with Gasteiger partial charge in [-0.25, -0.2) is 0 Å². The molecule has 1 aromatic heterocycles. The standard InChI is InChI=1S/C22H39N7O2/c1-16-11-17(2)14-29(13-16)19(30)15-27-7-9-28(10-8-27)21(23-6)24-12-18-25-20(31-26-18)22(3,4)5/h16-17H,7-15H2,1-6H3,(H,23,24). The van der Waals surface area contributed by atoms with Gasteiger partial charge < -0.3 is 19.6 Å². The highest BCUT2D eigenvalue weighted by Crippen LogP contribution is 2.21. The Hall–Kier alpha value is -2.16. The number of carbonyl (C=O) groups excluding carboxylic acids is 1. The van der Waals surface area contributed by atoms with Gasteiger partial charge in [0.05, 0.1) is 13.1 Å². The maximum absolute atomic E-state index is 12.8. The molecule has 0 spiro atoms. The van der Waals surface area contributed by atoms with Gasteiger partial charge in [-0.3, -0.25) is 14.7 Å². The second kappa shape index (κ2) is 9.97. The van der Waals surface area contributed by atoms with Gasteiger partial charge in [0.2, 0.25) is 11.8 Å². The van der Waals surface area contributed by atoms with Crippen LogP contribution in [0, 0.1) is 11.8 Å². The number of nitrogens with zero attached hydrogens (tertiary/aromatic N) is 6. The summed E-state index contributed by atoms with van der Waals surface area (Å²) in [7, 11) is 1.79. The number of rotatable bonds is 4. The first kappa shape index (κ1) is 23.5. The number of piperidine rings is 1. The molecule has 0 saturated carbocycles. The molecule has 3 rings (SSSR count). The molecule has 9 nitrogen and oxygen atoms in total. The molecular formula is C22H39N7O2. The van der Waals surface area contributed by atoms with Crippen LogP contribution in [0.25, 0.3) is 0 Å². The summed E-state index contributed by atoms with van der Waals surface area (Å²) in [6.45, 7) is 16.8. The number of nitrogens with one attached hydrogen (secondary N) is 1. The minimum atomic E-state index is -0.162. The number of aromatic nitrogens is 2. The van der Waals surface area contributed by atoms with Gasteiger partial charge >= 0.3 is 0 Å². The molecule has 9 heteroatoms. The first-order valence-electron chi connectivity index (χ1n) is 11.4. The summed E-state index contributed by atoms with van der Waals surface area (Å²) in [5.41, 5.74) is -0.162. The molecular weight excluding hydrogens is 394 g/mol. The summed E-state index contributed by atoms with van der Waals surface area (Å²) in [6.07, 6.45) is 1.22. The predicted octanol–water partition coefficient (Wildman–Crippen LogP) is 1.56. The Morgan fingerprint density at radius 3 is 2.32 bits per heavy atom. The molecule has 2 atom stereocenters. The lowest BCUT2D eigenvalue weighted by atomic mass is 9.92. The van der Waals surface area contributed by atoms with Crippen molar-refractivity contribution in [3.05, 3.63) is 11.7 Å². The maximum Gasteiger partial charge on any atom is 0.236 e. The van der Waals surface area contributed by atoms with Crippen LogP contribution in [-0.2, 0) is 16.8 Å². The molecule has 2 fully saturated rings. The predicted molar refractivity (Wildman–Crippen MR) is 121 cm³/mol. The van der Waals surface area contributed by atoms with Crippen LogP contribution in [-0.4, -0.2) is 89.6 Å². The number of amides is 1. The van der Waals surface area contributed by atoms with E-state index in [1.54, 1.807) is 7.05 Å². The van der Waals surface area contributed by atoms with E-state index < -0.39 is 0 Å². The first-order chi connectivity index (χ1) is 14.7. The maximum atomic E-state index is 12.8. The highest BCUT2D eigenvalue weighted by atomic mass is 16.5. The minimum Gasteiger partial charge on any atom is -0.349 e. The highest BCUT2D eigenvalue weighted by molar-refractivity contribution is 5.80. The summed E-state index contributed by atoms with van der Waals surface area (Å²) in [4.78, 5) is 28.2. The molecule has 2 saturated heterocycles. The fourth-order valence-electron chi connectivity index (χ4n) is 4.40. The summed E-state index contributed by atoms with van der Waals surface area (Å²) in [5.74, 6) is 3.54. The topological polar surface area (TPSA) is 90.1 Å². The van der Waals surface area contributed by atoms with Crippen LogP contribution < -0.4 is 5.32 Å². The number of carbonyl (C=O) groups is 1. The largest absolute Gasteiger partial charge is 0.349 e. The van der Waals surface area contributed by atoms with Crippen LogP contribution in [0.1, 0.15) is 52.8 Å². The van der Waals surface area contributed by atoms with Gasteiger partial charge in [-0.05, 0) is 18.3 Å². The quantitative estimate of drug-likeness (QED) is 0.569. The molecule has 0 aromatic carbocycles. The molecule has 0 aliphatic carbocycles. The third-order valence-electron chi connectivity index (χ3n) is 5.98. The van der Waals surface area contributed by atoms with Crippen molar-refractivity contribution in [2.75, 3.05) is 52.9 Å². The zero-order valence-electron chi connectivity index (χ0n) is 20.0. The Morgan fingerprint density at radius 1 is 1.13 bits per heavy atom. The van der Waals surface area contributed by atoms with Gasteiger partial charge in [-0.1, -0.05) is 39.8 Å². The van der Waals surface area contributed by atoms with Crippen LogP contribution in [0.15, 0.2) is 9.52 Å². The summed E-state index contributed by atoms with van der Waals surface area (Å²) in [5, 5.41) is 7.40. The third kappa shape index (κ3) is 6.41. The van der Waals surface area contributed by atoms with Crippen molar-refractivity contribution in [3.8, 4) is 0 Å². The zero-order chi connectivity index (χ0) is 22.6. The van der Waals surface area contributed by atoms with Gasteiger partial charge in [-0.2, -0.15) is 4.98 Å². The number of piperazine rings is 1. The Labute approximate surface area is 186 Å². The molecule has 2 aliphatic rings. The van der Waals surface area contributed by atoms with E-state index in [9.17, 15) is 4.79 Å². The number of guanidine groups is 1. The molecule has 0 radical (unpaired) electrons. The van der Waals surface area contributed by atoms with E-state index >= 15 is 0 Å². The van der Waals surface area contributed by atoms with Crippen molar-refractivity contribution in [2.24, 2.45) is 16.8 Å². The minimum absolute atomic E-state index is 0.162. The van der Waals surface area contributed by atoms with Crippen molar-refractivity contribution >= 4 is 11.9 Å². The Morgan fingerprint density at radius 2 is 1.77 bits per heavy atom. The van der Waals surface area contributed by atoms with E-state index in [2.05, 4.69) is 49.0 Å². The second-order valence-electron chi connectivity index (χ2n) is 10.2. The number of likely N-dealkylation sites (tertiary alicyclic amines) is 1. The fraction of sp³-hybridized carbons (Fsp3) is 0.818. The van der Waals surface area contributed by atoms with E-state index in [1.807, 2.05) is 20.8 Å². The summed E-state index contributed by atoms with van der Waals surface area (Å²) < 4.78 is 5.36. The molecule has 1 aromatic rings. The summed E-state index contributed by atoms with van der Waals surface area (Å²) in [6, 6.07) is 0. The van der Waals surface area contributed by atoms with E-state index in [1.165, 1.54) is 6.42 Å². The molecule has 2 aliphatic heterocycles. The average molecular weight is 434 g/mol. The molecule has 1 N–H and O–H groups in total. The monoisotopic (exact) mass is 433 g/mol. The van der Waals surface area contributed by atoms with Gasteiger partial charge in [-0.15, -0.1) is 0 Å². The van der Waals surface area contributed by atoms with Crippen molar-refractivity contribution < 1.29 is 9.32 Å². The van der Waals surface area contributed by atoms with Crippen LogP contribution in [0.5, 0.6) is 0 Å². The van der Waals surface area contributed by atoms with Crippen LogP contribution in [0.4, 0.5) is 0 Å². The molecule has 3 heterocycles. The molecule has 2 unspecified atom stereocenters. The van der Waals surface area contributed by atoms with Crippen molar-refractivity contribution in [1.29, 1.82) is 0 Å². The van der Waals surface area contributed by atoms with Gasteiger partial charge in [0.1, 0.15) is 0 Å². The molecule has 31 heavy (non-hydrogen) atoms. The normalized spacial score (nSPS) is 23.9. The smallest absolute Gasteiger partial charge is 0.236 e. The lowest BCUT2D eigenvalue weighted by Crippen LogP contribution is -2.55. The number of aliphatic imine (C=N–C) groups is 1. The van der Waals surface area contributed by atoms with Gasteiger partial charge in [0.15, 0.2) is 11.8 Å². The Kier molecular flexibility index (Phi) is 7.56. The van der Waals surface area contributed by atoms with Crippen molar-refractivity contribution in [3.63, 3.8) is 0 Å². The highest BCUT2D eigenvalue weighted by Gasteiger charge is 2.28. The average Bonchev–Trinajstić information content (AvgIpc) is 3.18. The van der Waals surface area contributed by atoms with Gasteiger partial charge in [0.25, 0.3) is 0 Å². The van der Waals surface area contributed by atoms with E-state index in [-0.39, 0.29) is 11.3 Å². The van der Waals surface area contributed by atoms with Crippen LogP contribution >= 0.6 is 0 Å². The van der Waals surface area contributed by atoms with Gasteiger partial charge in [0, 0.05) is 51.7 Å². The van der Waals surface area contributed by atoms with Crippen molar-refractivity contribution in [1.82, 2.24) is 30.2 Å². The number of hydrogen-bond donors (Lipinski definition) is 1. The first-order valence-corrected chi connectivity index (χ1v) is 11.4. The molecule has 1 amide bonds. The van der Waals surface area contributed by atoms with Crippen LogP contribution in [0.2, 0.25) is 0 Å².